The Kier molecular flexibility index (Phi) is 4.53. The van der Waals surface area contributed by atoms with Crippen molar-refractivity contribution < 1.29 is 18.0 Å². The molecule has 0 aliphatic carbocycles. The molecule has 1 aromatic carbocycles. The van der Waals surface area contributed by atoms with Crippen molar-refractivity contribution in [3.63, 3.8) is 0 Å². The second-order valence-electron chi connectivity index (χ2n) is 6.35. The van der Waals surface area contributed by atoms with E-state index in [1.54, 1.807) is 28.0 Å². The van der Waals surface area contributed by atoms with E-state index >= 15 is 0 Å². The summed E-state index contributed by atoms with van der Waals surface area (Å²) in [5.74, 6) is -0.277. The highest BCUT2D eigenvalue weighted by Crippen LogP contribution is 2.35. The second kappa shape index (κ2) is 6.50. The molecule has 0 N–H and O–H groups in total. The zero-order valence-electron chi connectivity index (χ0n) is 14.0. The summed E-state index contributed by atoms with van der Waals surface area (Å²) in [5.41, 5.74) is -0.340. The van der Waals surface area contributed by atoms with Gasteiger partial charge < -0.3 is 9.80 Å². The Morgan fingerprint density at radius 3 is 2.12 bits per heavy atom. The number of hydrogen-bond acceptors (Lipinski definition) is 4. The van der Waals surface area contributed by atoms with E-state index in [4.69, 9.17) is 0 Å². The highest BCUT2D eigenvalue weighted by Gasteiger charge is 2.39. The quantitative estimate of drug-likeness (QED) is 0.834. The number of carbonyl (C=O) groups is 1. The van der Waals surface area contributed by atoms with Gasteiger partial charge in [0.25, 0.3) is 0 Å². The number of fused-ring (bicyclic) bond motifs is 1. The molecule has 2 heterocycles. The average Bonchev–Trinajstić information content (AvgIpc) is 2.59. The number of piperazine rings is 1. The first-order valence-electron chi connectivity index (χ1n) is 8.15. The van der Waals surface area contributed by atoms with E-state index in [9.17, 15) is 18.0 Å². The van der Waals surface area contributed by atoms with Crippen molar-refractivity contribution in [3.8, 4) is 0 Å². The van der Waals surface area contributed by atoms with Gasteiger partial charge in [0.2, 0.25) is 5.91 Å². The third kappa shape index (κ3) is 3.52. The van der Waals surface area contributed by atoms with Gasteiger partial charge in [-0.2, -0.15) is 13.2 Å². The predicted molar refractivity (Wildman–Crippen MR) is 88.2 cm³/mol. The molecule has 0 spiro atoms. The first-order valence-corrected chi connectivity index (χ1v) is 8.15. The summed E-state index contributed by atoms with van der Waals surface area (Å²) in [6.07, 6.45) is -4.59. The number of amides is 1. The Bertz CT molecular complexity index is 783. The van der Waals surface area contributed by atoms with Crippen molar-refractivity contribution in [1.82, 2.24) is 14.9 Å². The third-order valence-electron chi connectivity index (χ3n) is 4.21. The molecule has 1 aromatic heterocycles. The van der Waals surface area contributed by atoms with E-state index in [0.29, 0.717) is 31.7 Å². The SMILES string of the molecule is CC(C)C(=O)N1CCN(c2nc3ccccc3nc2C(F)(F)F)CC1. The molecule has 1 saturated heterocycles. The summed E-state index contributed by atoms with van der Waals surface area (Å²) in [6.45, 7) is 4.98. The number of carbonyl (C=O) groups excluding carboxylic acids is 1. The van der Waals surface area contributed by atoms with Crippen molar-refractivity contribution in [2.45, 2.75) is 20.0 Å². The molecule has 0 bridgehead atoms. The fraction of sp³-hybridized carbons (Fsp3) is 0.471. The Morgan fingerprint density at radius 2 is 1.60 bits per heavy atom. The van der Waals surface area contributed by atoms with E-state index in [1.807, 2.05) is 13.8 Å². The first kappa shape index (κ1) is 17.4. The van der Waals surface area contributed by atoms with Crippen LogP contribution in [0.25, 0.3) is 11.0 Å². The molecule has 8 heteroatoms. The fourth-order valence-corrected chi connectivity index (χ4v) is 2.91. The highest BCUT2D eigenvalue weighted by molar-refractivity contribution is 5.79. The van der Waals surface area contributed by atoms with E-state index in [-0.39, 0.29) is 23.2 Å². The zero-order chi connectivity index (χ0) is 18.2. The van der Waals surface area contributed by atoms with E-state index in [1.165, 1.54) is 6.07 Å². The van der Waals surface area contributed by atoms with Gasteiger partial charge in [-0.1, -0.05) is 26.0 Å². The Hall–Kier alpha value is -2.38. The van der Waals surface area contributed by atoms with Crippen molar-refractivity contribution in [1.29, 1.82) is 0 Å². The summed E-state index contributed by atoms with van der Waals surface area (Å²) in [7, 11) is 0. The fourth-order valence-electron chi connectivity index (χ4n) is 2.91. The van der Waals surface area contributed by atoms with Crippen LogP contribution in [0.5, 0.6) is 0 Å². The number of para-hydroxylation sites is 2. The number of alkyl halides is 3. The molecule has 0 unspecified atom stereocenters. The molecular weight excluding hydrogens is 333 g/mol. The lowest BCUT2D eigenvalue weighted by atomic mass is 10.1. The van der Waals surface area contributed by atoms with Crippen LogP contribution in [0.3, 0.4) is 0 Å². The normalized spacial score (nSPS) is 15.9. The maximum Gasteiger partial charge on any atom is 0.437 e. The van der Waals surface area contributed by atoms with Gasteiger partial charge in [0, 0.05) is 32.1 Å². The molecule has 0 atom stereocenters. The van der Waals surface area contributed by atoms with Gasteiger partial charge in [0.1, 0.15) is 0 Å². The zero-order valence-corrected chi connectivity index (χ0v) is 14.0. The van der Waals surface area contributed by atoms with Crippen LogP contribution in [-0.2, 0) is 11.0 Å². The number of rotatable bonds is 2. The van der Waals surface area contributed by atoms with Crippen molar-refractivity contribution >= 4 is 22.8 Å². The second-order valence-corrected chi connectivity index (χ2v) is 6.35. The Labute approximate surface area is 143 Å². The van der Waals surface area contributed by atoms with Gasteiger partial charge in [-0.15, -0.1) is 0 Å². The molecule has 5 nitrogen and oxygen atoms in total. The minimum Gasteiger partial charge on any atom is -0.351 e. The number of halogens is 3. The molecule has 25 heavy (non-hydrogen) atoms. The molecule has 0 saturated carbocycles. The van der Waals surface area contributed by atoms with E-state index in [0.717, 1.165) is 0 Å². The van der Waals surface area contributed by atoms with Gasteiger partial charge in [0.15, 0.2) is 11.5 Å². The van der Waals surface area contributed by atoms with E-state index < -0.39 is 11.9 Å². The first-order chi connectivity index (χ1) is 11.8. The van der Waals surface area contributed by atoms with Crippen molar-refractivity contribution in [3.05, 3.63) is 30.0 Å². The molecule has 0 radical (unpaired) electrons. The molecule has 2 aromatic rings. The molecule has 1 fully saturated rings. The minimum atomic E-state index is -4.59. The van der Waals surface area contributed by atoms with Crippen LogP contribution in [0.4, 0.5) is 19.0 Å². The molecular formula is C17H19F3N4O. The monoisotopic (exact) mass is 352 g/mol. The summed E-state index contributed by atoms with van der Waals surface area (Å²) >= 11 is 0. The van der Waals surface area contributed by atoms with Crippen molar-refractivity contribution in [2.75, 3.05) is 31.1 Å². The predicted octanol–water partition coefficient (Wildman–Crippen LogP) is 2.95. The van der Waals surface area contributed by atoms with Crippen LogP contribution in [-0.4, -0.2) is 47.0 Å². The molecule has 1 aliphatic heterocycles. The van der Waals surface area contributed by atoms with E-state index in [2.05, 4.69) is 9.97 Å². The molecule has 1 amide bonds. The van der Waals surface area contributed by atoms with Gasteiger partial charge in [-0.3, -0.25) is 4.79 Å². The Balaban J connectivity index is 1.92. The summed E-state index contributed by atoms with van der Waals surface area (Å²) < 4.78 is 40.3. The highest BCUT2D eigenvalue weighted by atomic mass is 19.4. The molecule has 3 rings (SSSR count). The van der Waals surface area contributed by atoms with Gasteiger partial charge in [0.05, 0.1) is 11.0 Å². The minimum absolute atomic E-state index is 0.0142. The standard InChI is InChI=1S/C17H19F3N4O/c1-11(2)16(25)24-9-7-23(8-10-24)15-14(17(18,19)20)21-12-5-3-4-6-13(12)22-15/h3-6,11H,7-10H2,1-2H3. The smallest absolute Gasteiger partial charge is 0.351 e. The largest absolute Gasteiger partial charge is 0.437 e. The maximum absolute atomic E-state index is 13.4. The lowest BCUT2D eigenvalue weighted by Crippen LogP contribution is -2.50. The lowest BCUT2D eigenvalue weighted by Gasteiger charge is -2.36. The average molecular weight is 352 g/mol. The van der Waals surface area contributed by atoms with Crippen LogP contribution in [0.15, 0.2) is 24.3 Å². The van der Waals surface area contributed by atoms with Crippen LogP contribution in [0.2, 0.25) is 0 Å². The van der Waals surface area contributed by atoms with Crippen LogP contribution < -0.4 is 4.90 Å². The van der Waals surface area contributed by atoms with Crippen LogP contribution in [0.1, 0.15) is 19.5 Å². The molecule has 134 valence electrons. The number of nitrogens with zero attached hydrogens (tertiary/aromatic N) is 4. The van der Waals surface area contributed by atoms with Gasteiger partial charge in [-0.25, -0.2) is 9.97 Å². The van der Waals surface area contributed by atoms with Crippen molar-refractivity contribution in [2.24, 2.45) is 5.92 Å². The van der Waals surface area contributed by atoms with Gasteiger partial charge >= 0.3 is 6.18 Å². The number of anilines is 1. The summed E-state index contributed by atoms with van der Waals surface area (Å²) in [5, 5.41) is 0. The van der Waals surface area contributed by atoms with Crippen LogP contribution >= 0.6 is 0 Å². The lowest BCUT2D eigenvalue weighted by molar-refractivity contribution is -0.141. The number of hydrogen-bond donors (Lipinski definition) is 0. The summed E-state index contributed by atoms with van der Waals surface area (Å²) in [4.78, 5) is 23.3. The third-order valence-corrected chi connectivity index (χ3v) is 4.21. The van der Waals surface area contributed by atoms with Crippen LogP contribution in [0, 0.1) is 5.92 Å². The molecule has 1 aliphatic rings. The number of benzene rings is 1. The summed E-state index contributed by atoms with van der Waals surface area (Å²) in [6, 6.07) is 6.51. The van der Waals surface area contributed by atoms with Gasteiger partial charge in [-0.05, 0) is 12.1 Å². The topological polar surface area (TPSA) is 49.3 Å². The maximum atomic E-state index is 13.4. The number of aromatic nitrogens is 2. The Morgan fingerprint density at radius 1 is 1.04 bits per heavy atom.